The maximum absolute atomic E-state index is 6.35. The average molecular weight is 441 g/mol. The van der Waals surface area contributed by atoms with Crippen molar-refractivity contribution in [3.05, 3.63) is 41.7 Å². The van der Waals surface area contributed by atoms with Crippen molar-refractivity contribution < 1.29 is 9.47 Å². The Hall–Kier alpha value is -2.42. The molecule has 0 amide bonds. The number of aryl methyl sites for hydroxylation is 1. The second kappa shape index (κ2) is 10.9. The lowest BCUT2D eigenvalue weighted by atomic mass is 10.1. The summed E-state index contributed by atoms with van der Waals surface area (Å²) in [5.74, 6) is 2.47. The van der Waals surface area contributed by atoms with Crippen LogP contribution in [0.4, 0.5) is 5.95 Å². The lowest BCUT2D eigenvalue weighted by Crippen LogP contribution is -2.50. The fourth-order valence-electron chi connectivity index (χ4n) is 4.34. The van der Waals surface area contributed by atoms with E-state index in [-0.39, 0.29) is 6.10 Å². The van der Waals surface area contributed by atoms with E-state index in [9.17, 15) is 0 Å². The summed E-state index contributed by atoms with van der Waals surface area (Å²) in [5.41, 5.74) is 5.66. The van der Waals surface area contributed by atoms with E-state index in [4.69, 9.17) is 9.47 Å². The monoisotopic (exact) mass is 440 g/mol. The molecule has 2 aliphatic heterocycles. The lowest BCUT2D eigenvalue weighted by Gasteiger charge is -2.34. The van der Waals surface area contributed by atoms with Gasteiger partial charge in [-0.25, -0.2) is 15.0 Å². The van der Waals surface area contributed by atoms with Gasteiger partial charge in [0, 0.05) is 71.0 Å². The van der Waals surface area contributed by atoms with Crippen molar-refractivity contribution in [1.29, 1.82) is 0 Å². The predicted molar refractivity (Wildman–Crippen MR) is 126 cm³/mol. The molecular weight excluding hydrogens is 404 g/mol. The van der Waals surface area contributed by atoms with Crippen LogP contribution < -0.4 is 19.8 Å². The van der Waals surface area contributed by atoms with Crippen LogP contribution in [0.25, 0.3) is 0 Å². The van der Waals surface area contributed by atoms with Crippen molar-refractivity contribution in [3.8, 4) is 11.5 Å². The zero-order valence-corrected chi connectivity index (χ0v) is 19.6. The minimum absolute atomic E-state index is 0.176. The van der Waals surface area contributed by atoms with Gasteiger partial charge in [-0.15, -0.1) is 0 Å². The Labute approximate surface area is 191 Å². The number of anilines is 1. The van der Waals surface area contributed by atoms with E-state index in [0.717, 1.165) is 82.5 Å². The van der Waals surface area contributed by atoms with Gasteiger partial charge in [0.1, 0.15) is 6.10 Å². The summed E-state index contributed by atoms with van der Waals surface area (Å²) in [6.07, 6.45) is 6.88. The van der Waals surface area contributed by atoms with Crippen molar-refractivity contribution in [1.82, 2.24) is 25.3 Å². The van der Waals surface area contributed by atoms with E-state index >= 15 is 0 Å². The number of piperidine rings is 1. The molecule has 3 heterocycles. The summed E-state index contributed by atoms with van der Waals surface area (Å²) in [4.78, 5) is 13.8. The van der Waals surface area contributed by atoms with Crippen LogP contribution in [-0.4, -0.2) is 79.4 Å². The molecule has 2 aromatic rings. The van der Waals surface area contributed by atoms with Crippen LogP contribution in [0.2, 0.25) is 0 Å². The minimum atomic E-state index is 0.176. The molecule has 2 fully saturated rings. The summed E-state index contributed by atoms with van der Waals surface area (Å²) in [5, 5.41) is 2.26. The zero-order valence-electron chi connectivity index (χ0n) is 19.6. The third-order valence-corrected chi connectivity index (χ3v) is 6.44. The summed E-state index contributed by atoms with van der Waals surface area (Å²) < 4.78 is 12.0. The molecule has 4 rings (SSSR count). The molecule has 32 heavy (non-hydrogen) atoms. The average Bonchev–Trinajstić information content (AvgIpc) is 2.86. The number of hydrazine groups is 1. The van der Waals surface area contributed by atoms with Crippen LogP contribution in [-0.2, 0) is 13.0 Å². The third kappa shape index (κ3) is 5.68. The molecule has 0 unspecified atom stereocenters. The van der Waals surface area contributed by atoms with Gasteiger partial charge in [0.15, 0.2) is 11.5 Å². The van der Waals surface area contributed by atoms with Crippen LogP contribution in [0.3, 0.4) is 0 Å². The number of hydrogen-bond acceptors (Lipinski definition) is 8. The van der Waals surface area contributed by atoms with Gasteiger partial charge in [-0.05, 0) is 36.7 Å². The number of rotatable bonds is 8. The van der Waals surface area contributed by atoms with Gasteiger partial charge < -0.3 is 14.4 Å². The van der Waals surface area contributed by atoms with Crippen LogP contribution in [0, 0.1) is 0 Å². The number of methoxy groups -OCH3 is 1. The molecule has 2 saturated heterocycles. The number of aromatic nitrogens is 2. The first kappa shape index (κ1) is 22.8. The van der Waals surface area contributed by atoms with Gasteiger partial charge in [0.25, 0.3) is 0 Å². The maximum Gasteiger partial charge on any atom is 0.225 e. The second-order valence-electron chi connectivity index (χ2n) is 8.52. The first-order chi connectivity index (χ1) is 15.7. The van der Waals surface area contributed by atoms with Gasteiger partial charge in [-0.2, -0.15) is 0 Å². The predicted octanol–water partition coefficient (Wildman–Crippen LogP) is 2.35. The highest BCUT2D eigenvalue weighted by Gasteiger charge is 2.23. The van der Waals surface area contributed by atoms with Crippen LogP contribution in [0.5, 0.6) is 11.5 Å². The fraction of sp³-hybridized carbons (Fsp3) is 0.583. The molecular formula is C24H36N6O2. The van der Waals surface area contributed by atoms with Crippen molar-refractivity contribution in [2.24, 2.45) is 0 Å². The van der Waals surface area contributed by atoms with Crippen molar-refractivity contribution in [3.63, 3.8) is 0 Å². The van der Waals surface area contributed by atoms with Gasteiger partial charge in [0.05, 0.1) is 7.11 Å². The minimum Gasteiger partial charge on any atom is -0.493 e. The number of nitrogens with one attached hydrogen (secondary N) is 1. The lowest BCUT2D eigenvalue weighted by molar-refractivity contribution is 0.0946. The van der Waals surface area contributed by atoms with E-state index in [1.165, 1.54) is 11.1 Å². The Morgan fingerprint density at radius 1 is 0.969 bits per heavy atom. The highest BCUT2D eigenvalue weighted by atomic mass is 16.5. The van der Waals surface area contributed by atoms with Crippen molar-refractivity contribution in [2.45, 2.75) is 38.8 Å². The van der Waals surface area contributed by atoms with E-state index < -0.39 is 0 Å². The van der Waals surface area contributed by atoms with Gasteiger partial charge in [-0.1, -0.05) is 13.0 Å². The summed E-state index contributed by atoms with van der Waals surface area (Å²) in [7, 11) is 3.71. The molecule has 8 heteroatoms. The molecule has 1 N–H and O–H groups in total. The normalized spacial score (nSPS) is 18.7. The fourth-order valence-corrected chi connectivity index (χ4v) is 4.34. The van der Waals surface area contributed by atoms with Gasteiger partial charge in [0.2, 0.25) is 5.95 Å². The van der Waals surface area contributed by atoms with Gasteiger partial charge in [-0.3, -0.25) is 10.3 Å². The molecule has 0 aliphatic carbocycles. The highest BCUT2D eigenvalue weighted by Crippen LogP contribution is 2.31. The highest BCUT2D eigenvalue weighted by molar-refractivity contribution is 5.43. The maximum atomic E-state index is 6.35. The molecule has 0 atom stereocenters. The molecule has 0 bridgehead atoms. The van der Waals surface area contributed by atoms with E-state index in [1.807, 2.05) is 19.4 Å². The number of piperazine rings is 1. The standard InChI is InChI=1S/C24H36N6O2/c1-4-19-16-26-24(27-17-19)29-9-7-21(8-10-29)32-22-6-5-20(15-23(22)31-3)18-28-11-13-30(25-2)14-12-28/h5-6,15-17,21,25H,4,7-14,18H2,1-3H3. The first-order valence-electron chi connectivity index (χ1n) is 11.7. The zero-order chi connectivity index (χ0) is 22.3. The Morgan fingerprint density at radius 2 is 1.69 bits per heavy atom. The smallest absolute Gasteiger partial charge is 0.225 e. The molecule has 0 saturated carbocycles. The van der Waals surface area contributed by atoms with E-state index in [1.54, 1.807) is 7.11 Å². The molecule has 0 spiro atoms. The topological polar surface area (TPSA) is 66.0 Å². The molecule has 2 aliphatic rings. The van der Waals surface area contributed by atoms with Gasteiger partial charge >= 0.3 is 0 Å². The third-order valence-electron chi connectivity index (χ3n) is 6.44. The Morgan fingerprint density at radius 3 is 2.31 bits per heavy atom. The summed E-state index contributed by atoms with van der Waals surface area (Å²) in [6.45, 7) is 9.05. The number of ether oxygens (including phenoxy) is 2. The quantitative estimate of drug-likeness (QED) is 0.671. The summed E-state index contributed by atoms with van der Waals surface area (Å²) in [6, 6.07) is 6.36. The number of hydrogen-bond donors (Lipinski definition) is 1. The van der Waals surface area contributed by atoms with Crippen LogP contribution in [0.1, 0.15) is 30.9 Å². The largest absolute Gasteiger partial charge is 0.493 e. The molecule has 0 radical (unpaired) electrons. The molecule has 174 valence electrons. The number of nitrogens with zero attached hydrogens (tertiary/aromatic N) is 5. The van der Waals surface area contributed by atoms with E-state index in [2.05, 4.69) is 55.3 Å². The van der Waals surface area contributed by atoms with Crippen molar-refractivity contribution >= 4 is 5.95 Å². The Bertz CT molecular complexity index is 846. The Kier molecular flexibility index (Phi) is 7.78. The van der Waals surface area contributed by atoms with Crippen LogP contribution >= 0.6 is 0 Å². The van der Waals surface area contributed by atoms with E-state index in [0.29, 0.717) is 0 Å². The molecule has 8 nitrogen and oxygen atoms in total. The SMILES string of the molecule is CCc1cnc(N2CCC(Oc3ccc(CN4CCN(NC)CC4)cc3OC)CC2)nc1. The summed E-state index contributed by atoms with van der Waals surface area (Å²) >= 11 is 0. The van der Waals surface area contributed by atoms with Crippen LogP contribution in [0.15, 0.2) is 30.6 Å². The molecule has 1 aromatic carbocycles. The second-order valence-corrected chi connectivity index (χ2v) is 8.52. The molecule has 1 aromatic heterocycles. The first-order valence-corrected chi connectivity index (χ1v) is 11.7. The van der Waals surface area contributed by atoms with Crippen molar-refractivity contribution in [2.75, 3.05) is 58.3 Å². The number of benzene rings is 1. The Balaban J connectivity index is 1.30.